The number of carbonyl (C=O) groups excluding carboxylic acids is 1. The first-order valence-corrected chi connectivity index (χ1v) is 6.33. The minimum atomic E-state index is -0.948. The molecule has 20 heavy (non-hydrogen) atoms. The molecule has 0 saturated carbocycles. The first kappa shape index (κ1) is 15.9. The van der Waals surface area contributed by atoms with Crippen LogP contribution < -0.4 is 4.74 Å². The molecule has 0 aliphatic heterocycles. The SMILES string of the molecule is CCN(CC(C)C(=O)O)C(=O)COc1ccc(F)cc1. The van der Waals surface area contributed by atoms with E-state index in [0.717, 1.165) is 0 Å². The minimum absolute atomic E-state index is 0.136. The van der Waals surface area contributed by atoms with E-state index in [2.05, 4.69) is 0 Å². The number of amides is 1. The van der Waals surface area contributed by atoms with Gasteiger partial charge in [0.15, 0.2) is 6.61 Å². The lowest BCUT2D eigenvalue weighted by molar-refractivity contribution is -0.143. The van der Waals surface area contributed by atoms with Gasteiger partial charge >= 0.3 is 5.97 Å². The molecule has 1 N–H and O–H groups in total. The van der Waals surface area contributed by atoms with Crippen LogP contribution in [0.5, 0.6) is 5.75 Å². The molecule has 0 aromatic heterocycles. The molecule has 0 aliphatic rings. The molecule has 1 atom stereocenters. The van der Waals surface area contributed by atoms with Crippen molar-refractivity contribution in [3.63, 3.8) is 0 Å². The van der Waals surface area contributed by atoms with E-state index in [1.807, 2.05) is 0 Å². The molecule has 0 spiro atoms. The molecule has 0 bridgehead atoms. The van der Waals surface area contributed by atoms with Crippen molar-refractivity contribution in [1.29, 1.82) is 0 Å². The number of aliphatic carboxylic acids is 1. The highest BCUT2D eigenvalue weighted by molar-refractivity contribution is 5.78. The van der Waals surface area contributed by atoms with Crippen LogP contribution in [0.4, 0.5) is 4.39 Å². The summed E-state index contributed by atoms with van der Waals surface area (Å²) in [5.41, 5.74) is 0. The van der Waals surface area contributed by atoms with Gasteiger partial charge in [-0.1, -0.05) is 6.92 Å². The average Bonchev–Trinajstić information content (AvgIpc) is 2.43. The fourth-order valence-corrected chi connectivity index (χ4v) is 1.58. The maximum atomic E-state index is 12.7. The maximum absolute atomic E-state index is 12.7. The van der Waals surface area contributed by atoms with Crippen LogP contribution in [-0.2, 0) is 9.59 Å². The summed E-state index contributed by atoms with van der Waals surface area (Å²) in [6.45, 7) is 3.65. The summed E-state index contributed by atoms with van der Waals surface area (Å²) in [6, 6.07) is 5.34. The largest absolute Gasteiger partial charge is 0.484 e. The smallest absolute Gasteiger partial charge is 0.308 e. The number of hydrogen-bond acceptors (Lipinski definition) is 3. The van der Waals surface area contributed by atoms with E-state index in [-0.39, 0.29) is 24.9 Å². The quantitative estimate of drug-likeness (QED) is 0.828. The van der Waals surface area contributed by atoms with Gasteiger partial charge in [0.1, 0.15) is 11.6 Å². The molecule has 1 unspecified atom stereocenters. The number of carbonyl (C=O) groups is 2. The molecule has 0 aliphatic carbocycles. The minimum Gasteiger partial charge on any atom is -0.484 e. The van der Waals surface area contributed by atoms with Crippen molar-refractivity contribution in [3.05, 3.63) is 30.1 Å². The van der Waals surface area contributed by atoms with Crippen molar-refractivity contribution >= 4 is 11.9 Å². The summed E-state index contributed by atoms with van der Waals surface area (Å²) in [7, 11) is 0. The number of nitrogens with zero attached hydrogens (tertiary/aromatic N) is 1. The molecule has 6 heteroatoms. The van der Waals surface area contributed by atoms with Crippen LogP contribution in [0.1, 0.15) is 13.8 Å². The molecule has 0 fully saturated rings. The Hall–Kier alpha value is -2.11. The first-order valence-electron chi connectivity index (χ1n) is 6.33. The van der Waals surface area contributed by atoms with Crippen LogP contribution in [-0.4, -0.2) is 41.6 Å². The highest BCUT2D eigenvalue weighted by atomic mass is 19.1. The molecule has 0 saturated heterocycles. The van der Waals surface area contributed by atoms with Gasteiger partial charge < -0.3 is 14.7 Å². The van der Waals surface area contributed by atoms with Crippen molar-refractivity contribution < 1.29 is 23.8 Å². The zero-order valence-corrected chi connectivity index (χ0v) is 11.5. The number of likely N-dealkylation sites (N-methyl/N-ethyl adjacent to an activating group) is 1. The third-order valence-corrected chi connectivity index (χ3v) is 2.83. The number of benzene rings is 1. The molecular formula is C14H18FNO4. The van der Waals surface area contributed by atoms with E-state index in [0.29, 0.717) is 12.3 Å². The number of hydrogen-bond donors (Lipinski definition) is 1. The zero-order chi connectivity index (χ0) is 15.1. The van der Waals surface area contributed by atoms with Crippen molar-refractivity contribution in [2.24, 2.45) is 5.92 Å². The molecule has 5 nitrogen and oxygen atoms in total. The van der Waals surface area contributed by atoms with Gasteiger partial charge in [-0.25, -0.2) is 4.39 Å². The van der Waals surface area contributed by atoms with E-state index >= 15 is 0 Å². The number of carboxylic acids is 1. The van der Waals surface area contributed by atoms with Gasteiger partial charge in [0.05, 0.1) is 5.92 Å². The lowest BCUT2D eigenvalue weighted by atomic mass is 10.1. The third-order valence-electron chi connectivity index (χ3n) is 2.83. The van der Waals surface area contributed by atoms with Crippen LogP contribution in [0.25, 0.3) is 0 Å². The summed E-state index contributed by atoms with van der Waals surface area (Å²) in [6.07, 6.45) is 0. The topological polar surface area (TPSA) is 66.8 Å². The van der Waals surface area contributed by atoms with Crippen LogP contribution in [0.15, 0.2) is 24.3 Å². The van der Waals surface area contributed by atoms with Gasteiger partial charge in [0.25, 0.3) is 5.91 Å². The summed E-state index contributed by atoms with van der Waals surface area (Å²) in [5.74, 6) is -1.87. The summed E-state index contributed by atoms with van der Waals surface area (Å²) in [5, 5.41) is 8.84. The van der Waals surface area contributed by atoms with Crippen molar-refractivity contribution in [3.8, 4) is 5.75 Å². The Bertz CT molecular complexity index is 461. The zero-order valence-electron chi connectivity index (χ0n) is 11.5. The lowest BCUT2D eigenvalue weighted by Crippen LogP contribution is -2.39. The van der Waals surface area contributed by atoms with E-state index in [1.54, 1.807) is 13.8 Å². The van der Waals surface area contributed by atoms with Crippen LogP contribution in [0.2, 0.25) is 0 Å². The van der Waals surface area contributed by atoms with E-state index in [9.17, 15) is 14.0 Å². The predicted octanol–water partition coefficient (Wildman–Crippen LogP) is 1.77. The monoisotopic (exact) mass is 283 g/mol. The molecule has 0 heterocycles. The maximum Gasteiger partial charge on any atom is 0.308 e. The molecule has 1 rings (SSSR count). The fraction of sp³-hybridized carbons (Fsp3) is 0.429. The van der Waals surface area contributed by atoms with Gasteiger partial charge in [-0.3, -0.25) is 9.59 Å². The molecule has 110 valence electrons. The Morgan fingerprint density at radius 1 is 1.35 bits per heavy atom. The number of carboxylic acid groups (broad SMARTS) is 1. The average molecular weight is 283 g/mol. The molecule has 1 amide bonds. The van der Waals surface area contributed by atoms with Gasteiger partial charge in [-0.15, -0.1) is 0 Å². The third kappa shape index (κ3) is 4.87. The number of halogens is 1. The molecular weight excluding hydrogens is 265 g/mol. The highest BCUT2D eigenvalue weighted by Gasteiger charge is 2.19. The second kappa shape index (κ2) is 7.47. The first-order chi connectivity index (χ1) is 9.43. The lowest BCUT2D eigenvalue weighted by Gasteiger charge is -2.22. The highest BCUT2D eigenvalue weighted by Crippen LogP contribution is 2.11. The normalized spacial score (nSPS) is 11.8. The second-order valence-electron chi connectivity index (χ2n) is 4.41. The Kier molecular flexibility index (Phi) is 5.96. The fourth-order valence-electron chi connectivity index (χ4n) is 1.58. The van der Waals surface area contributed by atoms with Gasteiger partial charge in [-0.2, -0.15) is 0 Å². The van der Waals surface area contributed by atoms with Crippen molar-refractivity contribution in [1.82, 2.24) is 4.90 Å². The van der Waals surface area contributed by atoms with Crippen LogP contribution >= 0.6 is 0 Å². The summed E-state index contributed by atoms with van der Waals surface area (Å²) in [4.78, 5) is 24.1. The summed E-state index contributed by atoms with van der Waals surface area (Å²) >= 11 is 0. The van der Waals surface area contributed by atoms with Crippen LogP contribution in [0.3, 0.4) is 0 Å². The standard InChI is InChI=1S/C14H18FNO4/c1-3-16(8-10(2)14(18)19)13(17)9-20-12-6-4-11(15)5-7-12/h4-7,10H,3,8-9H2,1-2H3,(H,18,19). The summed E-state index contributed by atoms with van der Waals surface area (Å²) < 4.78 is 17.9. The Morgan fingerprint density at radius 3 is 2.45 bits per heavy atom. The van der Waals surface area contributed by atoms with Crippen LogP contribution in [0, 0.1) is 11.7 Å². The molecule has 1 aromatic rings. The van der Waals surface area contributed by atoms with E-state index < -0.39 is 11.9 Å². The van der Waals surface area contributed by atoms with E-state index in [4.69, 9.17) is 9.84 Å². The Morgan fingerprint density at radius 2 is 1.95 bits per heavy atom. The Balaban J connectivity index is 2.51. The number of ether oxygens (including phenoxy) is 1. The van der Waals surface area contributed by atoms with Gasteiger partial charge in [-0.05, 0) is 31.2 Å². The van der Waals surface area contributed by atoms with Crippen molar-refractivity contribution in [2.75, 3.05) is 19.7 Å². The second-order valence-corrected chi connectivity index (χ2v) is 4.41. The predicted molar refractivity (Wildman–Crippen MR) is 70.9 cm³/mol. The Labute approximate surface area is 117 Å². The van der Waals surface area contributed by atoms with Crippen molar-refractivity contribution in [2.45, 2.75) is 13.8 Å². The molecule has 1 aromatic carbocycles. The number of rotatable bonds is 7. The van der Waals surface area contributed by atoms with Gasteiger partial charge in [0, 0.05) is 13.1 Å². The van der Waals surface area contributed by atoms with Gasteiger partial charge in [0.2, 0.25) is 0 Å². The van der Waals surface area contributed by atoms with E-state index in [1.165, 1.54) is 29.2 Å². The molecule has 0 radical (unpaired) electrons.